The molecule has 0 N–H and O–H groups in total. The van der Waals surface area contributed by atoms with Gasteiger partial charge in [-0.25, -0.2) is 9.97 Å². The van der Waals surface area contributed by atoms with E-state index in [4.69, 9.17) is 28.9 Å². The number of ether oxygens (including phenoxy) is 4. The summed E-state index contributed by atoms with van der Waals surface area (Å²) >= 11 is 0. The number of nitrogens with zero attached hydrogens (tertiary/aromatic N) is 4. The summed E-state index contributed by atoms with van der Waals surface area (Å²) in [5.74, 6) is 1.51. The van der Waals surface area contributed by atoms with Gasteiger partial charge in [0.15, 0.2) is 23.1 Å². The number of pyridine rings is 2. The molecule has 0 unspecified atom stereocenters. The van der Waals surface area contributed by atoms with Crippen LogP contribution in [0.2, 0.25) is 0 Å². The van der Waals surface area contributed by atoms with Crippen LogP contribution in [0.4, 0.5) is 0 Å². The molecule has 0 spiro atoms. The van der Waals surface area contributed by atoms with Crippen molar-refractivity contribution in [2.45, 2.75) is 105 Å². The molecule has 0 amide bonds. The van der Waals surface area contributed by atoms with Gasteiger partial charge < -0.3 is 18.9 Å². The fourth-order valence-corrected chi connectivity index (χ4v) is 16.1. The quantitative estimate of drug-likeness (QED) is 0.104. The number of hydrogen-bond donors (Lipinski definition) is 0. The molecular weight excluding hydrogens is 1320 g/mol. The molecule has 0 aliphatic heterocycles. The van der Waals surface area contributed by atoms with E-state index in [0.29, 0.717) is 110 Å². The Morgan fingerprint density at radius 2 is 0.509 bits per heavy atom. The lowest BCUT2D eigenvalue weighted by molar-refractivity contribution is 0.0979. The minimum atomic E-state index is -0.489. The predicted molar refractivity (Wildman–Crippen MR) is 418 cm³/mol. The first-order chi connectivity index (χ1) is 50.5. The number of rotatable bonds is 8. The number of benzene rings is 13. The summed E-state index contributed by atoms with van der Waals surface area (Å²) in [6.45, 7) is 25.7. The molecule has 516 valence electrons. The molecule has 0 fully saturated rings. The first-order valence-corrected chi connectivity index (χ1v) is 35.7. The van der Waals surface area contributed by atoms with Gasteiger partial charge in [-0.05, 0) is 141 Å². The Morgan fingerprint density at radius 3 is 0.764 bits per heavy atom. The summed E-state index contributed by atoms with van der Waals surface area (Å²) in [7, 11) is 0. The number of ketones is 4. The zero-order chi connectivity index (χ0) is 73.4. The molecule has 0 saturated carbocycles. The largest absolute Gasteiger partial charge is 0.457 e. The van der Waals surface area contributed by atoms with Crippen LogP contribution < -0.4 is 30.1 Å². The zero-order valence-corrected chi connectivity index (χ0v) is 60.3. The summed E-state index contributed by atoms with van der Waals surface area (Å²) in [4.78, 5) is 102. The van der Waals surface area contributed by atoms with Crippen LogP contribution in [0.15, 0.2) is 204 Å². The average molecular weight is 1390 g/mol. The molecule has 0 saturated heterocycles. The van der Waals surface area contributed by atoms with E-state index in [2.05, 4.69) is 83.1 Å². The third-order valence-corrected chi connectivity index (χ3v) is 21.7. The number of hydrogen-bond acceptors (Lipinski definition) is 12. The monoisotopic (exact) mass is 1390 g/mol. The first kappa shape index (κ1) is 64.2. The van der Waals surface area contributed by atoms with E-state index < -0.39 is 11.1 Å². The highest BCUT2D eigenvalue weighted by atomic mass is 16.5. The summed E-state index contributed by atoms with van der Waals surface area (Å²) in [5.41, 5.74) is 5.78. The minimum absolute atomic E-state index is 0.148. The summed E-state index contributed by atoms with van der Waals surface area (Å²) in [6, 6.07) is 58.9. The van der Waals surface area contributed by atoms with Crippen molar-refractivity contribution < 1.29 is 38.1 Å². The lowest BCUT2D eigenvalue weighted by atomic mass is 9.84. The van der Waals surface area contributed by atoms with E-state index in [-0.39, 0.29) is 123 Å². The maximum Gasteiger partial charge on any atom is 0.264 e. The standard InChI is InChI=1S/C92H68N4O10/c1-89(2,3)45-21-29-49(30-22-45)103-69-41-61-73-63(87(101)95-67-39-59-57(37-65(67)93-85(61)95)81(97)53-17-13-15-19-55(53)83(59)99)44-72(106-52-35-27-48(28-36-52)92(10,11)12)78-76-70(104-50-31-23-46(24-32-50)90(4,5)6)42-62-74-64(43-71(77(80(74)76)75(69)79(73)78)105-51-33-25-47(26-34-51)91(7,8)9)88(102)96-68-40-60-58(38-66(68)94-86(62)96)82(98)54-18-14-16-20-56(54)84(60)100/h13-44H,1-12H3. The average Bonchev–Trinajstić information content (AvgIpc) is 1.02. The summed E-state index contributed by atoms with van der Waals surface area (Å²) < 4.78 is 33.0. The fourth-order valence-electron chi connectivity index (χ4n) is 16.1. The number of imidazole rings is 2. The molecular formula is C92H68N4O10. The molecule has 2 aliphatic rings. The Morgan fingerprint density at radius 1 is 0.264 bits per heavy atom. The molecule has 13 aromatic carbocycles. The van der Waals surface area contributed by atoms with E-state index >= 15 is 9.59 Å². The number of fused-ring (bicyclic) bond motifs is 14. The Labute approximate surface area is 607 Å². The highest BCUT2D eigenvalue weighted by molar-refractivity contribution is 6.45. The normalized spacial score (nSPS) is 13.6. The van der Waals surface area contributed by atoms with Crippen molar-refractivity contribution in [3.63, 3.8) is 0 Å². The number of aromatic nitrogens is 4. The van der Waals surface area contributed by atoms with Crippen LogP contribution in [0, 0.1) is 0 Å². The van der Waals surface area contributed by atoms with Crippen LogP contribution in [0.5, 0.6) is 46.0 Å². The van der Waals surface area contributed by atoms with Gasteiger partial charge in [-0.2, -0.15) is 0 Å². The topological polar surface area (TPSA) is 174 Å². The number of carbonyl (C=O) groups is 4. The van der Waals surface area contributed by atoms with Gasteiger partial charge >= 0.3 is 0 Å². The molecule has 17 aromatic rings. The summed E-state index contributed by atoms with van der Waals surface area (Å²) in [6.07, 6.45) is 0. The second-order valence-corrected chi connectivity index (χ2v) is 32.5. The van der Waals surface area contributed by atoms with Gasteiger partial charge in [0.1, 0.15) is 57.3 Å². The molecule has 14 nitrogen and oxygen atoms in total. The van der Waals surface area contributed by atoms with E-state index in [9.17, 15) is 19.2 Å². The molecule has 0 radical (unpaired) electrons. The van der Waals surface area contributed by atoms with E-state index in [0.717, 1.165) is 22.3 Å². The van der Waals surface area contributed by atoms with Crippen LogP contribution in [0.1, 0.15) is 169 Å². The molecule has 0 bridgehead atoms. The lowest BCUT2D eigenvalue weighted by Gasteiger charge is -2.26. The van der Waals surface area contributed by atoms with Gasteiger partial charge in [-0.15, -0.1) is 0 Å². The van der Waals surface area contributed by atoms with Crippen LogP contribution >= 0.6 is 0 Å². The van der Waals surface area contributed by atoms with Crippen molar-refractivity contribution in [1.29, 1.82) is 0 Å². The molecule has 19 rings (SSSR count). The molecule has 2 aliphatic carbocycles. The molecule has 14 heteroatoms. The van der Waals surface area contributed by atoms with Crippen LogP contribution in [0.3, 0.4) is 0 Å². The molecule has 4 heterocycles. The lowest BCUT2D eigenvalue weighted by Crippen LogP contribution is -2.21. The molecule has 0 atom stereocenters. The zero-order valence-electron chi connectivity index (χ0n) is 60.3. The maximum absolute atomic E-state index is 16.6. The third kappa shape index (κ3) is 9.41. The van der Waals surface area contributed by atoms with Crippen molar-refractivity contribution in [3.05, 3.63) is 282 Å². The SMILES string of the molecule is CC(C)(C)c1ccc(Oc2cc3c(=O)n4c5cc6c(cc5nc4c4cc(Oc5ccc(C(C)(C)C)cc5)c5c7c(Oc8ccc(C(C)(C)C)cc8)cc8c(=O)n9c%10cc%11c(cc%10nc9c9cc(Oc%10ccc(C(C)(C)C)cc%10)c(c2c5c34)c7c89)C(=O)c2ccccc2C%11=O)C(=O)c2ccccc2C6=O)cc1. The van der Waals surface area contributed by atoms with E-state index in [1.165, 1.54) is 8.80 Å². The van der Waals surface area contributed by atoms with E-state index in [1.807, 2.05) is 109 Å². The molecule has 106 heavy (non-hydrogen) atoms. The highest BCUT2D eigenvalue weighted by Gasteiger charge is 2.37. The Kier molecular flexibility index (Phi) is 13.3. The van der Waals surface area contributed by atoms with Crippen molar-refractivity contribution in [1.82, 2.24) is 18.8 Å². The Balaban J connectivity index is 1.03. The van der Waals surface area contributed by atoms with Crippen molar-refractivity contribution in [2.75, 3.05) is 0 Å². The maximum atomic E-state index is 16.6. The second-order valence-electron chi connectivity index (χ2n) is 32.5. The van der Waals surface area contributed by atoms with Crippen LogP contribution in [0.25, 0.3) is 98.0 Å². The van der Waals surface area contributed by atoms with Gasteiger partial charge in [0.05, 0.1) is 32.8 Å². The Bertz CT molecular complexity index is 6500. The van der Waals surface area contributed by atoms with Crippen molar-refractivity contribution in [2.24, 2.45) is 0 Å². The first-order valence-electron chi connectivity index (χ1n) is 35.7. The minimum Gasteiger partial charge on any atom is -0.457 e. The van der Waals surface area contributed by atoms with Crippen LogP contribution in [-0.2, 0) is 21.7 Å². The van der Waals surface area contributed by atoms with Gasteiger partial charge in [0.25, 0.3) is 11.1 Å². The highest BCUT2D eigenvalue weighted by Crippen LogP contribution is 2.58. The Hall–Kier alpha value is -12.7. The van der Waals surface area contributed by atoms with Crippen molar-refractivity contribution >= 4 is 121 Å². The molecule has 4 aromatic heterocycles. The van der Waals surface area contributed by atoms with Crippen LogP contribution in [-0.4, -0.2) is 41.9 Å². The van der Waals surface area contributed by atoms with Crippen molar-refractivity contribution in [3.8, 4) is 46.0 Å². The van der Waals surface area contributed by atoms with Gasteiger partial charge in [0.2, 0.25) is 0 Å². The third-order valence-electron chi connectivity index (χ3n) is 21.7. The number of carbonyl (C=O) groups excluding carboxylic acids is 4. The van der Waals surface area contributed by atoms with E-state index in [1.54, 1.807) is 84.9 Å². The fraction of sp³-hybridized carbons (Fsp3) is 0.174. The summed E-state index contributed by atoms with van der Waals surface area (Å²) in [5, 5.41) is 5.22. The van der Waals surface area contributed by atoms with Gasteiger partial charge in [0, 0.05) is 98.4 Å². The smallest absolute Gasteiger partial charge is 0.264 e. The predicted octanol–water partition coefficient (Wildman–Crippen LogP) is 21.2. The van der Waals surface area contributed by atoms with Gasteiger partial charge in [-0.3, -0.25) is 37.6 Å². The second kappa shape index (κ2) is 21.9. The van der Waals surface area contributed by atoms with Gasteiger partial charge in [-0.1, -0.05) is 180 Å².